The summed E-state index contributed by atoms with van der Waals surface area (Å²) in [6.45, 7) is 0. The molecule has 0 atom stereocenters. The molecule has 3 aromatic carbocycles. The second kappa shape index (κ2) is 11.3. The summed E-state index contributed by atoms with van der Waals surface area (Å²) in [5.74, 6) is -0.954. The number of azo groups is 1. The molecule has 0 aliphatic carbocycles. The maximum Gasteiger partial charge on any atom is 1.00 e. The van der Waals surface area contributed by atoms with Crippen molar-refractivity contribution in [1.82, 2.24) is 0 Å². The third-order valence-corrected chi connectivity index (χ3v) is 5.89. The van der Waals surface area contributed by atoms with Gasteiger partial charge in [-0.2, -0.15) is 0 Å². The molecule has 0 amide bonds. The molecule has 19 heteroatoms. The minimum Gasteiger partial charge on any atom is -0.744 e. The molecule has 0 saturated heterocycles. The number of nitro benzene ring substituents is 2. The summed E-state index contributed by atoms with van der Waals surface area (Å²) >= 11 is 0. The normalized spacial score (nSPS) is 11.6. The van der Waals surface area contributed by atoms with Crippen LogP contribution in [0.2, 0.25) is 0 Å². The van der Waals surface area contributed by atoms with Crippen molar-refractivity contribution in [2.45, 2.75) is 9.79 Å². The third-order valence-electron chi connectivity index (χ3n) is 4.20. The maximum atomic E-state index is 11.7. The van der Waals surface area contributed by atoms with Gasteiger partial charge in [-0.25, -0.2) is 16.8 Å². The van der Waals surface area contributed by atoms with Gasteiger partial charge in [0.1, 0.15) is 25.9 Å². The molecule has 0 radical (unpaired) electrons. The van der Waals surface area contributed by atoms with Gasteiger partial charge in [0.2, 0.25) is 0 Å². The monoisotopic (exact) mass is 542 g/mol. The van der Waals surface area contributed by atoms with E-state index < -0.39 is 68.4 Å². The summed E-state index contributed by atoms with van der Waals surface area (Å²) < 4.78 is 68.7. The molecule has 3 aromatic rings. The molecule has 1 N–H and O–H groups in total. The molecule has 15 nitrogen and oxygen atoms in total. The first-order valence-electron chi connectivity index (χ1n) is 8.26. The van der Waals surface area contributed by atoms with Gasteiger partial charge in [0.15, 0.2) is 11.4 Å². The predicted molar refractivity (Wildman–Crippen MR) is 105 cm³/mol. The van der Waals surface area contributed by atoms with Crippen LogP contribution >= 0.6 is 0 Å². The van der Waals surface area contributed by atoms with Gasteiger partial charge >= 0.3 is 64.8 Å². The van der Waals surface area contributed by atoms with E-state index in [2.05, 4.69) is 10.2 Å². The quantitative estimate of drug-likeness (QED) is 0.106. The van der Waals surface area contributed by atoms with Crippen molar-refractivity contribution in [3.63, 3.8) is 0 Å². The summed E-state index contributed by atoms with van der Waals surface area (Å²) in [6.07, 6.45) is 0. The van der Waals surface area contributed by atoms with E-state index in [1.54, 1.807) is 0 Å². The number of phenolic OH excluding ortho intramolecular Hbond substituents is 1. The molecule has 0 saturated carbocycles. The van der Waals surface area contributed by atoms with Crippen LogP contribution in [0.25, 0.3) is 10.8 Å². The van der Waals surface area contributed by atoms with Crippen LogP contribution in [-0.2, 0) is 20.2 Å². The Bertz CT molecular complexity index is 1590. The Hall–Kier alpha value is -2.06. The van der Waals surface area contributed by atoms with Gasteiger partial charge in [0.05, 0.1) is 25.7 Å². The number of hydrogen-bond donors (Lipinski definition) is 1. The summed E-state index contributed by atoms with van der Waals surface area (Å²) in [5, 5.41) is 38.8. The molecule has 0 spiro atoms. The van der Waals surface area contributed by atoms with E-state index in [1.807, 2.05) is 0 Å². The average Bonchev–Trinajstić information content (AvgIpc) is 2.70. The fraction of sp³-hybridized carbons (Fsp3) is 0. The first-order valence-corrected chi connectivity index (χ1v) is 11.1. The van der Waals surface area contributed by atoms with E-state index >= 15 is 0 Å². The van der Waals surface area contributed by atoms with E-state index in [4.69, 9.17) is 0 Å². The van der Waals surface area contributed by atoms with Crippen molar-refractivity contribution < 1.29 is 100 Å². The standard InChI is InChI=1S/C16H10N4O11S2.2Na/c21-16-11-3-2-10(32(26,27)28)5-8(11)6-14(33(29,30)31)15(16)18-17-12-4-1-9(19(22)23)7-13(12)20(24)25;;/h1-7,21H,(H,26,27,28)(H,29,30,31);;/q;2*+1/p-2/b18-17+;;. The van der Waals surface area contributed by atoms with Gasteiger partial charge in [-0.1, -0.05) is 0 Å². The first kappa shape index (κ1) is 31.0. The van der Waals surface area contributed by atoms with Gasteiger partial charge in [-0.3, -0.25) is 20.2 Å². The topological polar surface area (TPSA) is 246 Å². The van der Waals surface area contributed by atoms with Crippen LogP contribution in [0.5, 0.6) is 5.75 Å². The van der Waals surface area contributed by atoms with Gasteiger partial charge in [-0.15, -0.1) is 10.2 Å². The smallest absolute Gasteiger partial charge is 0.744 e. The predicted octanol–water partition coefficient (Wildman–Crippen LogP) is -3.41. The second-order valence-corrected chi connectivity index (χ2v) is 8.98. The molecular formula is C16H8N4Na2O11S2. The molecule has 0 bridgehead atoms. The number of nitrogens with zero attached hydrogens (tertiary/aromatic N) is 4. The Balaban J connectivity index is 0.00000306. The fourth-order valence-corrected chi connectivity index (χ4v) is 3.88. The SMILES string of the molecule is O=[N+]([O-])c1ccc(/N=N/c2c(S(=O)(=O)[O-])cc3cc(S(=O)(=O)[O-])ccc3c2O)c([N+](=O)[O-])c1.[Na+].[Na+]. The van der Waals surface area contributed by atoms with E-state index in [0.717, 1.165) is 30.3 Å². The molecule has 0 aliphatic heterocycles. The summed E-state index contributed by atoms with van der Waals surface area (Å²) in [4.78, 5) is 18.2. The fourth-order valence-electron chi connectivity index (χ4n) is 2.73. The summed E-state index contributed by atoms with van der Waals surface area (Å²) in [5.41, 5.74) is -3.00. The van der Waals surface area contributed by atoms with E-state index in [1.165, 1.54) is 0 Å². The zero-order chi connectivity index (χ0) is 24.7. The second-order valence-electron chi connectivity index (χ2n) is 6.25. The van der Waals surface area contributed by atoms with Crippen LogP contribution < -0.4 is 59.1 Å². The van der Waals surface area contributed by atoms with Gasteiger partial charge in [0, 0.05) is 11.5 Å². The van der Waals surface area contributed by atoms with Crippen LogP contribution in [0.4, 0.5) is 22.7 Å². The number of nitro groups is 2. The summed E-state index contributed by atoms with van der Waals surface area (Å²) in [7, 11) is -10.3. The van der Waals surface area contributed by atoms with E-state index in [9.17, 15) is 51.3 Å². The Morgan fingerprint density at radius 2 is 1.43 bits per heavy atom. The Kier molecular flexibility index (Phi) is 10.0. The molecule has 35 heavy (non-hydrogen) atoms. The molecule has 0 heterocycles. The van der Waals surface area contributed by atoms with E-state index in [-0.39, 0.29) is 69.9 Å². The van der Waals surface area contributed by atoms with Gasteiger partial charge < -0.3 is 14.2 Å². The largest absolute Gasteiger partial charge is 1.00 e. The number of hydrogen-bond acceptors (Lipinski definition) is 13. The minimum absolute atomic E-state index is 0. The van der Waals surface area contributed by atoms with E-state index in [0.29, 0.717) is 12.1 Å². The third kappa shape index (κ3) is 6.79. The van der Waals surface area contributed by atoms with Crippen LogP contribution in [0.15, 0.2) is 62.5 Å². The number of benzene rings is 3. The van der Waals surface area contributed by atoms with Gasteiger partial charge in [0.25, 0.3) is 5.69 Å². The Morgan fingerprint density at radius 1 is 0.800 bits per heavy atom. The van der Waals surface area contributed by atoms with Crippen molar-refractivity contribution in [2.24, 2.45) is 10.2 Å². The maximum absolute atomic E-state index is 11.7. The molecule has 3 rings (SSSR count). The number of fused-ring (bicyclic) bond motifs is 1. The van der Waals surface area contributed by atoms with Crippen LogP contribution in [0, 0.1) is 20.2 Å². The van der Waals surface area contributed by atoms with Crippen molar-refractivity contribution >= 4 is 53.8 Å². The number of phenols is 1. The Morgan fingerprint density at radius 3 is 1.94 bits per heavy atom. The zero-order valence-corrected chi connectivity index (χ0v) is 23.3. The van der Waals surface area contributed by atoms with Gasteiger partial charge in [-0.05, 0) is 35.7 Å². The zero-order valence-electron chi connectivity index (χ0n) is 17.7. The van der Waals surface area contributed by atoms with Crippen LogP contribution in [-0.4, -0.2) is 40.9 Å². The number of non-ortho nitro benzene ring substituents is 1. The molecule has 0 aliphatic rings. The number of rotatable bonds is 6. The summed E-state index contributed by atoms with van der Waals surface area (Å²) in [6, 6.07) is 5.41. The van der Waals surface area contributed by atoms with Crippen molar-refractivity contribution in [1.29, 1.82) is 0 Å². The average molecular weight is 542 g/mol. The molecule has 0 unspecified atom stereocenters. The Labute approximate surface area is 240 Å². The van der Waals surface area contributed by atoms with Crippen molar-refractivity contribution in [3.8, 4) is 5.75 Å². The van der Waals surface area contributed by atoms with Crippen LogP contribution in [0.1, 0.15) is 0 Å². The van der Waals surface area contributed by atoms with Crippen LogP contribution in [0.3, 0.4) is 0 Å². The first-order chi connectivity index (χ1) is 15.2. The molecule has 172 valence electrons. The number of aromatic hydroxyl groups is 1. The molecular weight excluding hydrogens is 534 g/mol. The minimum atomic E-state index is -5.36. The van der Waals surface area contributed by atoms with Crippen molar-refractivity contribution in [3.05, 3.63) is 62.7 Å². The molecule has 0 aromatic heterocycles. The molecule has 0 fully saturated rings. The van der Waals surface area contributed by atoms with Crippen molar-refractivity contribution in [2.75, 3.05) is 0 Å².